The highest BCUT2D eigenvalue weighted by atomic mass is 32.1. The van der Waals surface area contributed by atoms with Gasteiger partial charge in [0.1, 0.15) is 14.9 Å². The number of aliphatic hydroxyl groups is 1. The molecule has 2 aromatic carbocycles. The van der Waals surface area contributed by atoms with Gasteiger partial charge in [-0.05, 0) is 17.0 Å². The summed E-state index contributed by atoms with van der Waals surface area (Å²) in [5, 5.41) is 15.9. The van der Waals surface area contributed by atoms with Crippen LogP contribution in [0.3, 0.4) is 0 Å². The van der Waals surface area contributed by atoms with Crippen molar-refractivity contribution in [2.24, 2.45) is 0 Å². The lowest BCUT2D eigenvalue weighted by Gasteiger charge is -2.25. The van der Waals surface area contributed by atoms with Crippen LogP contribution < -0.4 is 10.6 Å². The molecule has 148 valence electrons. The van der Waals surface area contributed by atoms with Gasteiger partial charge in [-0.25, -0.2) is 0 Å². The summed E-state index contributed by atoms with van der Waals surface area (Å²) in [5.41, 5.74) is 3.09. The van der Waals surface area contributed by atoms with Gasteiger partial charge in [-0.15, -0.1) is 25.3 Å². The molecule has 0 aromatic heterocycles. The number of carbonyl (C=O) groups excluding carboxylic acids is 1. The van der Waals surface area contributed by atoms with Crippen LogP contribution in [0.15, 0.2) is 48.5 Å². The minimum atomic E-state index is -1.07. The van der Waals surface area contributed by atoms with Crippen LogP contribution in [-0.2, 0) is 0 Å². The Morgan fingerprint density at radius 1 is 0.857 bits per heavy atom. The molecule has 3 N–H and O–H groups in total. The van der Waals surface area contributed by atoms with Gasteiger partial charge in [0, 0.05) is 11.1 Å². The predicted octanol–water partition coefficient (Wildman–Crippen LogP) is 4.01. The second-order valence-electron chi connectivity index (χ2n) is 6.55. The van der Waals surface area contributed by atoms with Crippen LogP contribution in [0, 0.1) is 0 Å². The maximum Gasteiger partial charge on any atom is 0.193 e. The molecular formula is C20H22N2O2S4. The van der Waals surface area contributed by atoms with E-state index in [1.165, 1.54) is 5.56 Å². The van der Waals surface area contributed by atoms with Crippen molar-refractivity contribution in [3.05, 3.63) is 70.8 Å². The minimum absolute atomic E-state index is 0.0636. The van der Waals surface area contributed by atoms with Crippen LogP contribution in [-0.4, -0.2) is 25.8 Å². The van der Waals surface area contributed by atoms with Gasteiger partial charge in [0.2, 0.25) is 0 Å². The second-order valence-corrected chi connectivity index (χ2v) is 8.87. The molecule has 4 nitrogen and oxygen atoms in total. The number of thiocarbonyl (C=S) groups is 2. The Balaban J connectivity index is 2.22. The van der Waals surface area contributed by atoms with Gasteiger partial charge in [-0.1, -0.05) is 86.8 Å². The van der Waals surface area contributed by atoms with Crippen molar-refractivity contribution in [2.45, 2.75) is 32.0 Å². The second kappa shape index (κ2) is 10.4. The fraction of sp³-hybridized carbons (Fsp3) is 0.250. The lowest BCUT2D eigenvalue weighted by atomic mass is 9.96. The Labute approximate surface area is 186 Å². The molecule has 0 radical (unpaired) electrons. The van der Waals surface area contributed by atoms with E-state index in [9.17, 15) is 9.90 Å². The third-order valence-electron chi connectivity index (χ3n) is 4.24. The number of hydrogen-bond donors (Lipinski definition) is 5. The molecule has 0 aliphatic heterocycles. The molecule has 8 heteroatoms. The summed E-state index contributed by atoms with van der Waals surface area (Å²) < 4.78 is 0.377. The van der Waals surface area contributed by atoms with Crippen molar-refractivity contribution in [1.29, 1.82) is 0 Å². The Kier molecular flexibility index (Phi) is 8.45. The summed E-state index contributed by atoms with van der Waals surface area (Å²) in [6.45, 7) is 4.22. The van der Waals surface area contributed by atoms with Crippen molar-refractivity contribution >= 4 is 64.1 Å². The average molecular weight is 451 g/mol. The standard InChI is InChI=1S/C20H22N2O2S4/c1-11(2)12-3-7-14(8-4-12)17(23)15-9-5-13(6-10-15)16(21-19(25)26)18(24)22-20(27)28/h3-11,16,18,24H,1-2H3,(H2,21,25,26)(H2,22,27,28). The number of carbonyl (C=O) groups is 1. The largest absolute Gasteiger partial charge is 0.371 e. The average Bonchev–Trinajstić information content (AvgIpc) is 2.65. The van der Waals surface area contributed by atoms with Crippen LogP contribution in [0.4, 0.5) is 0 Å². The molecule has 0 amide bonds. The van der Waals surface area contributed by atoms with Crippen molar-refractivity contribution in [2.75, 3.05) is 0 Å². The Morgan fingerprint density at radius 2 is 1.29 bits per heavy atom. The molecule has 0 saturated heterocycles. The Hall–Kier alpha value is -1.45. The number of aliphatic hydroxyl groups excluding tert-OH is 1. The third-order valence-corrected chi connectivity index (χ3v) is 4.73. The van der Waals surface area contributed by atoms with E-state index >= 15 is 0 Å². The molecule has 2 rings (SSSR count). The van der Waals surface area contributed by atoms with Crippen molar-refractivity contribution in [3.8, 4) is 0 Å². The number of nitrogens with one attached hydrogen (secondary N) is 2. The lowest BCUT2D eigenvalue weighted by molar-refractivity contribution is 0.103. The smallest absolute Gasteiger partial charge is 0.193 e. The highest BCUT2D eigenvalue weighted by Crippen LogP contribution is 2.20. The van der Waals surface area contributed by atoms with E-state index in [-0.39, 0.29) is 14.4 Å². The van der Waals surface area contributed by atoms with E-state index in [0.29, 0.717) is 22.6 Å². The molecule has 0 aliphatic carbocycles. The first-order valence-electron chi connectivity index (χ1n) is 8.60. The fourth-order valence-corrected chi connectivity index (χ4v) is 3.23. The monoisotopic (exact) mass is 450 g/mol. The van der Waals surface area contributed by atoms with E-state index < -0.39 is 12.3 Å². The van der Waals surface area contributed by atoms with Gasteiger partial charge in [-0.2, -0.15) is 0 Å². The fourth-order valence-electron chi connectivity index (χ4n) is 2.72. The van der Waals surface area contributed by atoms with Crippen molar-refractivity contribution in [1.82, 2.24) is 10.6 Å². The van der Waals surface area contributed by atoms with E-state index in [4.69, 9.17) is 24.4 Å². The Bertz CT molecular complexity index is 852. The number of thiol groups is 2. The Morgan fingerprint density at radius 3 is 1.68 bits per heavy atom. The van der Waals surface area contributed by atoms with Gasteiger partial charge < -0.3 is 15.7 Å². The number of hydrogen-bond acceptors (Lipinski definition) is 4. The van der Waals surface area contributed by atoms with Gasteiger partial charge in [-0.3, -0.25) is 4.79 Å². The summed E-state index contributed by atoms with van der Waals surface area (Å²) in [6.07, 6.45) is -1.07. The van der Waals surface area contributed by atoms with Gasteiger partial charge in [0.15, 0.2) is 5.78 Å². The number of ketones is 1. The molecule has 0 saturated carbocycles. The molecule has 0 fully saturated rings. The van der Waals surface area contributed by atoms with E-state index in [0.717, 1.165) is 0 Å². The van der Waals surface area contributed by atoms with Crippen LogP contribution in [0.25, 0.3) is 0 Å². The number of rotatable bonds is 7. The molecule has 28 heavy (non-hydrogen) atoms. The van der Waals surface area contributed by atoms with Crippen LogP contribution >= 0.6 is 49.7 Å². The van der Waals surface area contributed by atoms with Crippen molar-refractivity contribution in [3.63, 3.8) is 0 Å². The zero-order valence-electron chi connectivity index (χ0n) is 15.4. The maximum absolute atomic E-state index is 12.7. The van der Waals surface area contributed by atoms with E-state index in [2.05, 4.69) is 49.7 Å². The lowest BCUT2D eigenvalue weighted by Crippen LogP contribution is -2.43. The van der Waals surface area contributed by atoms with Gasteiger partial charge in [0.05, 0.1) is 6.04 Å². The summed E-state index contributed by atoms with van der Waals surface area (Å²) in [4.78, 5) is 12.7. The molecule has 0 bridgehead atoms. The SMILES string of the molecule is CC(C)c1ccc(C(=O)c2ccc(C(NC(=S)S)C(O)NC(=S)S)cc2)cc1. The molecule has 2 aromatic rings. The maximum atomic E-state index is 12.7. The minimum Gasteiger partial charge on any atom is -0.371 e. The zero-order valence-corrected chi connectivity index (χ0v) is 18.8. The molecule has 2 unspecified atom stereocenters. The first kappa shape index (κ1) is 22.8. The van der Waals surface area contributed by atoms with Crippen LogP contribution in [0.2, 0.25) is 0 Å². The number of benzene rings is 2. The third kappa shape index (κ3) is 6.28. The predicted molar refractivity (Wildman–Crippen MR) is 129 cm³/mol. The molecular weight excluding hydrogens is 429 g/mol. The van der Waals surface area contributed by atoms with Gasteiger partial charge >= 0.3 is 0 Å². The van der Waals surface area contributed by atoms with Crippen LogP contribution in [0.5, 0.6) is 0 Å². The molecule has 2 atom stereocenters. The summed E-state index contributed by atoms with van der Waals surface area (Å²) in [5.74, 6) is 0.349. The van der Waals surface area contributed by atoms with Gasteiger partial charge in [0.25, 0.3) is 0 Å². The summed E-state index contributed by atoms with van der Waals surface area (Å²) in [7, 11) is 0. The zero-order chi connectivity index (χ0) is 20.8. The molecule has 0 spiro atoms. The normalized spacial score (nSPS) is 12.9. The quantitative estimate of drug-likeness (QED) is 0.190. The molecule has 0 aliphatic rings. The molecule has 0 heterocycles. The van der Waals surface area contributed by atoms with E-state index in [1.54, 1.807) is 24.3 Å². The summed E-state index contributed by atoms with van der Waals surface area (Å²) >= 11 is 17.9. The van der Waals surface area contributed by atoms with E-state index in [1.807, 2.05) is 24.3 Å². The first-order chi connectivity index (χ1) is 13.2. The highest BCUT2D eigenvalue weighted by Gasteiger charge is 2.22. The van der Waals surface area contributed by atoms with Crippen LogP contribution in [0.1, 0.15) is 52.9 Å². The summed E-state index contributed by atoms with van der Waals surface area (Å²) in [6, 6.07) is 14.0. The highest BCUT2D eigenvalue weighted by molar-refractivity contribution is 8.11. The first-order valence-corrected chi connectivity index (χ1v) is 10.3. The topological polar surface area (TPSA) is 61.4 Å². The van der Waals surface area contributed by atoms with Crippen molar-refractivity contribution < 1.29 is 9.90 Å².